The average Bonchev–Trinajstić information content (AvgIpc) is 2.46. The lowest BCUT2D eigenvalue weighted by atomic mass is 10.1. The van der Waals surface area contributed by atoms with Gasteiger partial charge in [0.15, 0.2) is 9.84 Å². The van der Waals surface area contributed by atoms with Gasteiger partial charge >= 0.3 is 0 Å². The monoisotopic (exact) mass is 255 g/mol. The van der Waals surface area contributed by atoms with Gasteiger partial charge in [-0.15, -0.1) is 0 Å². The number of nitrogens with zero attached hydrogens (tertiary/aromatic N) is 2. The van der Waals surface area contributed by atoms with Crippen LogP contribution >= 0.6 is 0 Å². The Balaban J connectivity index is 2.19. The highest BCUT2D eigenvalue weighted by Gasteiger charge is 2.19. The number of nitrogens with two attached hydrogens (primary N) is 1. The third kappa shape index (κ3) is 3.23. The number of rotatable bonds is 3. The summed E-state index contributed by atoms with van der Waals surface area (Å²) >= 11 is 0. The summed E-state index contributed by atoms with van der Waals surface area (Å²) in [4.78, 5) is 8.70. The van der Waals surface area contributed by atoms with E-state index in [1.807, 2.05) is 0 Å². The quantitative estimate of drug-likeness (QED) is 0.814. The predicted octanol–water partition coefficient (Wildman–Crippen LogP) is -0.119. The molecule has 0 spiro atoms. The van der Waals surface area contributed by atoms with Crippen molar-refractivity contribution in [3.05, 3.63) is 23.3 Å². The third-order valence-electron chi connectivity index (χ3n) is 2.94. The fraction of sp³-hybridized carbons (Fsp3) is 0.636. The molecule has 0 aromatic carbocycles. The van der Waals surface area contributed by atoms with E-state index >= 15 is 0 Å². The van der Waals surface area contributed by atoms with Gasteiger partial charge < -0.3 is 5.73 Å². The Morgan fingerprint density at radius 3 is 2.82 bits per heavy atom. The van der Waals surface area contributed by atoms with Gasteiger partial charge in [-0.25, -0.2) is 18.4 Å². The minimum atomic E-state index is -2.90. The molecule has 2 heterocycles. The fourth-order valence-corrected chi connectivity index (χ4v) is 3.15. The van der Waals surface area contributed by atoms with Crippen molar-refractivity contribution in [2.24, 2.45) is 5.73 Å². The maximum atomic E-state index is 11.5. The summed E-state index contributed by atoms with van der Waals surface area (Å²) in [5.41, 5.74) is 7.31. The van der Waals surface area contributed by atoms with Crippen LogP contribution in [0.3, 0.4) is 0 Å². The second-order valence-electron chi connectivity index (χ2n) is 4.30. The minimum absolute atomic E-state index is 0.202. The van der Waals surface area contributed by atoms with Crippen LogP contribution in [0.25, 0.3) is 0 Å². The molecule has 1 aliphatic heterocycles. The Kier molecular flexibility index (Phi) is 3.73. The van der Waals surface area contributed by atoms with E-state index in [0.717, 1.165) is 29.9 Å². The predicted molar refractivity (Wildman–Crippen MR) is 65.5 cm³/mol. The first kappa shape index (κ1) is 12.4. The summed E-state index contributed by atoms with van der Waals surface area (Å²) in [6.45, 7) is 0.620. The molecule has 2 N–H and O–H groups in total. The Labute approximate surface area is 101 Å². The topological polar surface area (TPSA) is 85.9 Å². The Hall–Kier alpha value is -1.01. The molecule has 17 heavy (non-hydrogen) atoms. The zero-order valence-corrected chi connectivity index (χ0v) is 10.5. The Bertz CT molecular complexity index is 499. The largest absolute Gasteiger partial charge is 0.330 e. The molecule has 0 bridgehead atoms. The first-order chi connectivity index (χ1) is 8.11. The number of hydrogen-bond donors (Lipinski definition) is 1. The molecule has 1 aromatic heterocycles. The van der Waals surface area contributed by atoms with Gasteiger partial charge in [-0.1, -0.05) is 0 Å². The average molecular weight is 255 g/mol. The first-order valence-electron chi connectivity index (χ1n) is 5.85. The molecule has 6 heteroatoms. The summed E-state index contributed by atoms with van der Waals surface area (Å²) in [7, 11) is -2.90. The number of hydrogen-bond acceptors (Lipinski definition) is 5. The number of aryl methyl sites for hydroxylation is 3. The second-order valence-corrected chi connectivity index (χ2v) is 6.61. The standard InChI is InChI=1S/C11H17N3O2S/c12-5-1-2-11-13-8-9-3-6-17(15,16)7-4-10(9)14-11/h8H,1-7,12H2. The van der Waals surface area contributed by atoms with Crippen molar-refractivity contribution in [2.75, 3.05) is 18.1 Å². The zero-order valence-electron chi connectivity index (χ0n) is 9.72. The molecule has 1 aromatic rings. The molecule has 5 nitrogen and oxygen atoms in total. The second kappa shape index (κ2) is 5.10. The van der Waals surface area contributed by atoms with E-state index in [4.69, 9.17) is 5.73 Å². The highest BCUT2D eigenvalue weighted by atomic mass is 32.2. The van der Waals surface area contributed by atoms with Crippen LogP contribution in [0.2, 0.25) is 0 Å². The maximum Gasteiger partial charge on any atom is 0.151 e. The van der Waals surface area contributed by atoms with E-state index < -0.39 is 9.84 Å². The molecule has 0 unspecified atom stereocenters. The molecular weight excluding hydrogens is 238 g/mol. The third-order valence-corrected chi connectivity index (χ3v) is 4.59. The minimum Gasteiger partial charge on any atom is -0.330 e. The molecule has 1 aliphatic rings. The lowest BCUT2D eigenvalue weighted by molar-refractivity contribution is 0.596. The highest BCUT2D eigenvalue weighted by Crippen LogP contribution is 2.14. The smallest absolute Gasteiger partial charge is 0.151 e. The van der Waals surface area contributed by atoms with Gasteiger partial charge in [0.2, 0.25) is 0 Å². The summed E-state index contributed by atoms with van der Waals surface area (Å²) in [6, 6.07) is 0. The number of aromatic nitrogens is 2. The van der Waals surface area contributed by atoms with E-state index in [0.29, 0.717) is 19.4 Å². The lowest BCUT2D eigenvalue weighted by Crippen LogP contribution is -2.10. The van der Waals surface area contributed by atoms with Crippen LogP contribution in [-0.2, 0) is 29.1 Å². The van der Waals surface area contributed by atoms with Crippen LogP contribution in [0.5, 0.6) is 0 Å². The van der Waals surface area contributed by atoms with Crippen LogP contribution in [0.4, 0.5) is 0 Å². The number of fused-ring (bicyclic) bond motifs is 1. The molecular formula is C11H17N3O2S. The van der Waals surface area contributed by atoms with Crippen molar-refractivity contribution < 1.29 is 8.42 Å². The van der Waals surface area contributed by atoms with Crippen molar-refractivity contribution in [1.82, 2.24) is 9.97 Å². The van der Waals surface area contributed by atoms with E-state index in [1.54, 1.807) is 6.20 Å². The summed E-state index contributed by atoms with van der Waals surface area (Å²) in [5, 5.41) is 0. The number of sulfone groups is 1. The highest BCUT2D eigenvalue weighted by molar-refractivity contribution is 7.91. The summed E-state index contributed by atoms with van der Waals surface area (Å²) in [5.74, 6) is 1.19. The maximum absolute atomic E-state index is 11.5. The Morgan fingerprint density at radius 2 is 2.06 bits per heavy atom. The summed E-state index contributed by atoms with van der Waals surface area (Å²) < 4.78 is 23.1. The normalized spacial score (nSPS) is 18.4. The molecule has 94 valence electrons. The van der Waals surface area contributed by atoms with Gasteiger partial charge in [-0.05, 0) is 24.9 Å². The zero-order chi connectivity index (χ0) is 12.3. The summed E-state index contributed by atoms with van der Waals surface area (Å²) in [6.07, 6.45) is 4.44. The van der Waals surface area contributed by atoms with Crippen LogP contribution in [0.15, 0.2) is 6.20 Å². The van der Waals surface area contributed by atoms with Crippen molar-refractivity contribution in [2.45, 2.75) is 25.7 Å². The van der Waals surface area contributed by atoms with Crippen molar-refractivity contribution in [1.29, 1.82) is 0 Å². The van der Waals surface area contributed by atoms with Crippen molar-refractivity contribution in [3.8, 4) is 0 Å². The Morgan fingerprint density at radius 1 is 1.29 bits per heavy atom. The van der Waals surface area contributed by atoms with Gasteiger partial charge in [-0.3, -0.25) is 0 Å². The molecule has 0 radical (unpaired) electrons. The SMILES string of the molecule is NCCCc1ncc2c(n1)CCS(=O)(=O)CC2. The molecule has 0 aliphatic carbocycles. The molecule has 0 atom stereocenters. The van der Waals surface area contributed by atoms with Gasteiger partial charge in [0, 0.05) is 24.7 Å². The lowest BCUT2D eigenvalue weighted by Gasteiger charge is -2.05. The van der Waals surface area contributed by atoms with Gasteiger partial charge in [0.05, 0.1) is 11.5 Å². The van der Waals surface area contributed by atoms with E-state index in [2.05, 4.69) is 9.97 Å². The van der Waals surface area contributed by atoms with E-state index in [-0.39, 0.29) is 11.5 Å². The van der Waals surface area contributed by atoms with Gasteiger partial charge in [0.1, 0.15) is 5.82 Å². The van der Waals surface area contributed by atoms with Crippen LogP contribution in [0.1, 0.15) is 23.5 Å². The van der Waals surface area contributed by atoms with Crippen molar-refractivity contribution in [3.63, 3.8) is 0 Å². The fourth-order valence-electron chi connectivity index (χ4n) is 1.91. The van der Waals surface area contributed by atoms with Crippen LogP contribution in [0, 0.1) is 0 Å². The van der Waals surface area contributed by atoms with Crippen molar-refractivity contribution >= 4 is 9.84 Å². The molecule has 0 saturated heterocycles. The van der Waals surface area contributed by atoms with Crippen LogP contribution in [-0.4, -0.2) is 36.4 Å². The van der Waals surface area contributed by atoms with Crippen LogP contribution < -0.4 is 5.73 Å². The van der Waals surface area contributed by atoms with Gasteiger partial charge in [-0.2, -0.15) is 0 Å². The van der Waals surface area contributed by atoms with E-state index in [9.17, 15) is 8.42 Å². The van der Waals surface area contributed by atoms with Gasteiger partial charge in [0.25, 0.3) is 0 Å². The molecule has 0 amide bonds. The molecule has 0 fully saturated rings. The van der Waals surface area contributed by atoms with E-state index in [1.165, 1.54) is 0 Å². The molecule has 0 saturated carbocycles. The first-order valence-corrected chi connectivity index (χ1v) is 7.67. The molecule has 2 rings (SSSR count).